The van der Waals surface area contributed by atoms with E-state index in [1.165, 1.54) is 11.1 Å². The normalized spacial score (nSPS) is 25.4. The fourth-order valence-electron chi connectivity index (χ4n) is 3.54. The van der Waals surface area contributed by atoms with Crippen LogP contribution in [0.1, 0.15) is 5.56 Å². The SMILES string of the molecule is Cc1c(Cl)ccc2ncc(N3C[C@H]4CNC[C@H]4C3)cc12. The third-order valence-corrected chi connectivity index (χ3v) is 5.22. The van der Waals surface area contributed by atoms with E-state index in [0.29, 0.717) is 0 Å². The topological polar surface area (TPSA) is 28.2 Å². The van der Waals surface area contributed by atoms with E-state index in [1.54, 1.807) is 0 Å². The van der Waals surface area contributed by atoms with Gasteiger partial charge in [-0.15, -0.1) is 0 Å². The molecule has 2 aliphatic heterocycles. The number of aromatic nitrogens is 1. The van der Waals surface area contributed by atoms with Crippen LogP contribution in [0.3, 0.4) is 0 Å². The Bertz CT molecular complexity index is 658. The molecule has 0 bridgehead atoms. The molecule has 2 aliphatic rings. The Labute approximate surface area is 123 Å². The molecule has 104 valence electrons. The number of fused-ring (bicyclic) bond motifs is 2. The van der Waals surface area contributed by atoms with Gasteiger partial charge in [-0.3, -0.25) is 4.98 Å². The molecule has 2 fully saturated rings. The monoisotopic (exact) mass is 287 g/mol. The summed E-state index contributed by atoms with van der Waals surface area (Å²) >= 11 is 6.23. The van der Waals surface area contributed by atoms with E-state index < -0.39 is 0 Å². The van der Waals surface area contributed by atoms with E-state index in [9.17, 15) is 0 Å². The fraction of sp³-hybridized carbons (Fsp3) is 0.438. The smallest absolute Gasteiger partial charge is 0.0707 e. The zero-order valence-electron chi connectivity index (χ0n) is 11.6. The Morgan fingerprint density at radius 1 is 1.25 bits per heavy atom. The second-order valence-electron chi connectivity index (χ2n) is 6.02. The Morgan fingerprint density at radius 2 is 2.00 bits per heavy atom. The van der Waals surface area contributed by atoms with Crippen LogP contribution in [0.5, 0.6) is 0 Å². The number of halogens is 1. The molecule has 1 aromatic heterocycles. The second kappa shape index (κ2) is 4.61. The molecule has 0 radical (unpaired) electrons. The highest BCUT2D eigenvalue weighted by Crippen LogP contribution is 2.33. The zero-order chi connectivity index (χ0) is 13.7. The minimum atomic E-state index is 0.797. The number of hydrogen-bond donors (Lipinski definition) is 1. The summed E-state index contributed by atoms with van der Waals surface area (Å²) in [5.74, 6) is 1.59. The van der Waals surface area contributed by atoms with Crippen LogP contribution in [-0.4, -0.2) is 31.2 Å². The number of hydrogen-bond acceptors (Lipinski definition) is 3. The fourth-order valence-corrected chi connectivity index (χ4v) is 3.71. The van der Waals surface area contributed by atoms with Crippen molar-refractivity contribution in [2.24, 2.45) is 11.8 Å². The maximum atomic E-state index is 6.23. The lowest BCUT2D eigenvalue weighted by molar-refractivity contribution is 0.533. The lowest BCUT2D eigenvalue weighted by Gasteiger charge is -2.20. The number of nitrogens with one attached hydrogen (secondary N) is 1. The maximum Gasteiger partial charge on any atom is 0.0707 e. The van der Waals surface area contributed by atoms with E-state index in [-0.39, 0.29) is 0 Å². The summed E-state index contributed by atoms with van der Waals surface area (Å²) in [6, 6.07) is 6.17. The molecule has 20 heavy (non-hydrogen) atoms. The molecule has 0 unspecified atom stereocenters. The van der Waals surface area contributed by atoms with Gasteiger partial charge in [0.25, 0.3) is 0 Å². The largest absolute Gasteiger partial charge is 0.370 e. The molecule has 1 N–H and O–H groups in total. The third kappa shape index (κ3) is 1.88. The average molecular weight is 288 g/mol. The van der Waals surface area contributed by atoms with Crippen LogP contribution in [-0.2, 0) is 0 Å². The molecule has 4 heteroatoms. The lowest BCUT2D eigenvalue weighted by Crippen LogP contribution is -2.25. The van der Waals surface area contributed by atoms with Crippen molar-refractivity contribution in [2.45, 2.75) is 6.92 Å². The number of rotatable bonds is 1. The molecule has 4 rings (SSSR count). The van der Waals surface area contributed by atoms with Crippen molar-refractivity contribution < 1.29 is 0 Å². The van der Waals surface area contributed by atoms with Crippen molar-refractivity contribution in [2.75, 3.05) is 31.1 Å². The van der Waals surface area contributed by atoms with Gasteiger partial charge in [-0.05, 0) is 42.5 Å². The van der Waals surface area contributed by atoms with E-state index in [0.717, 1.165) is 54.1 Å². The van der Waals surface area contributed by atoms with Crippen LogP contribution in [0.2, 0.25) is 5.02 Å². The first kappa shape index (κ1) is 12.4. The van der Waals surface area contributed by atoms with Gasteiger partial charge in [0.2, 0.25) is 0 Å². The van der Waals surface area contributed by atoms with Crippen LogP contribution in [0.25, 0.3) is 10.9 Å². The van der Waals surface area contributed by atoms with Gasteiger partial charge in [-0.25, -0.2) is 0 Å². The molecule has 0 spiro atoms. The minimum absolute atomic E-state index is 0.797. The first-order valence-electron chi connectivity index (χ1n) is 7.23. The van der Waals surface area contributed by atoms with Gasteiger partial charge in [0.1, 0.15) is 0 Å². The molecular weight excluding hydrogens is 270 g/mol. The third-order valence-electron chi connectivity index (χ3n) is 4.81. The Morgan fingerprint density at radius 3 is 2.75 bits per heavy atom. The van der Waals surface area contributed by atoms with Crippen LogP contribution >= 0.6 is 11.6 Å². The van der Waals surface area contributed by atoms with Crippen molar-refractivity contribution in [3.8, 4) is 0 Å². The van der Waals surface area contributed by atoms with Crippen LogP contribution in [0, 0.1) is 18.8 Å². The second-order valence-corrected chi connectivity index (χ2v) is 6.42. The number of anilines is 1. The van der Waals surface area contributed by atoms with Crippen LogP contribution in [0.4, 0.5) is 5.69 Å². The number of pyridine rings is 1. The van der Waals surface area contributed by atoms with Gasteiger partial charge < -0.3 is 10.2 Å². The first-order valence-corrected chi connectivity index (χ1v) is 7.60. The van der Waals surface area contributed by atoms with Crippen molar-refractivity contribution in [1.29, 1.82) is 0 Å². The summed E-state index contributed by atoms with van der Waals surface area (Å²) in [5, 5.41) is 5.47. The molecule has 2 aromatic rings. The summed E-state index contributed by atoms with van der Waals surface area (Å²) < 4.78 is 0. The van der Waals surface area contributed by atoms with Gasteiger partial charge in [-0.1, -0.05) is 11.6 Å². The van der Waals surface area contributed by atoms with E-state index in [4.69, 9.17) is 11.6 Å². The lowest BCUT2D eigenvalue weighted by atomic mass is 10.0. The molecule has 2 atom stereocenters. The molecule has 3 heterocycles. The average Bonchev–Trinajstić information content (AvgIpc) is 3.04. The van der Waals surface area contributed by atoms with Crippen LogP contribution in [0.15, 0.2) is 24.4 Å². The van der Waals surface area contributed by atoms with Crippen molar-refractivity contribution >= 4 is 28.2 Å². The highest BCUT2D eigenvalue weighted by molar-refractivity contribution is 6.32. The molecular formula is C16H18ClN3. The molecule has 2 saturated heterocycles. The molecule has 0 amide bonds. The summed E-state index contributed by atoms with van der Waals surface area (Å²) in [6.45, 7) is 6.67. The number of benzene rings is 1. The van der Waals surface area contributed by atoms with Crippen LogP contribution < -0.4 is 10.2 Å². The Balaban J connectivity index is 1.72. The molecule has 0 saturated carbocycles. The standard InChI is InChI=1S/C16H18ClN3/c1-10-14-4-13(7-19-16(14)3-2-15(10)17)20-8-11-5-18-6-12(11)9-20/h2-4,7,11-12,18H,5-6,8-9H2,1H3/t11-,12+. The molecule has 1 aromatic carbocycles. The van der Waals surface area contributed by atoms with Gasteiger partial charge >= 0.3 is 0 Å². The van der Waals surface area contributed by atoms with Crippen molar-refractivity contribution in [1.82, 2.24) is 10.3 Å². The molecule has 3 nitrogen and oxygen atoms in total. The Hall–Kier alpha value is -1.32. The minimum Gasteiger partial charge on any atom is -0.370 e. The number of aryl methyl sites for hydroxylation is 1. The van der Waals surface area contributed by atoms with Gasteiger partial charge in [0, 0.05) is 36.6 Å². The summed E-state index contributed by atoms with van der Waals surface area (Å²) in [7, 11) is 0. The van der Waals surface area contributed by atoms with Gasteiger partial charge in [0.05, 0.1) is 17.4 Å². The van der Waals surface area contributed by atoms with E-state index >= 15 is 0 Å². The van der Waals surface area contributed by atoms with Gasteiger partial charge in [0.15, 0.2) is 0 Å². The summed E-state index contributed by atoms with van der Waals surface area (Å²) in [5.41, 5.74) is 3.38. The highest BCUT2D eigenvalue weighted by atomic mass is 35.5. The maximum absolute atomic E-state index is 6.23. The predicted molar refractivity (Wildman–Crippen MR) is 83.6 cm³/mol. The van der Waals surface area contributed by atoms with E-state index in [2.05, 4.69) is 28.2 Å². The van der Waals surface area contributed by atoms with Gasteiger partial charge in [-0.2, -0.15) is 0 Å². The quantitative estimate of drug-likeness (QED) is 0.874. The summed E-state index contributed by atoms with van der Waals surface area (Å²) in [6.07, 6.45) is 2.00. The first-order chi connectivity index (χ1) is 9.72. The van der Waals surface area contributed by atoms with Crippen molar-refractivity contribution in [3.63, 3.8) is 0 Å². The molecule has 0 aliphatic carbocycles. The Kier molecular flexibility index (Phi) is 2.86. The van der Waals surface area contributed by atoms with Crippen molar-refractivity contribution in [3.05, 3.63) is 35.0 Å². The predicted octanol–water partition coefficient (Wildman–Crippen LogP) is 2.85. The zero-order valence-corrected chi connectivity index (χ0v) is 12.3. The number of nitrogens with zero attached hydrogens (tertiary/aromatic N) is 2. The highest BCUT2D eigenvalue weighted by Gasteiger charge is 2.36. The van der Waals surface area contributed by atoms with E-state index in [1.807, 2.05) is 18.3 Å². The summed E-state index contributed by atoms with van der Waals surface area (Å²) in [4.78, 5) is 7.08.